The summed E-state index contributed by atoms with van der Waals surface area (Å²) in [6, 6.07) is 0.0970. The van der Waals surface area contributed by atoms with E-state index in [2.05, 4.69) is 26.1 Å². The molecule has 4 nitrogen and oxygen atoms in total. The number of aliphatic hydroxyl groups is 1. The molecule has 0 aromatic heterocycles. The quantitative estimate of drug-likeness (QED) is 0.741. The van der Waals surface area contributed by atoms with Gasteiger partial charge in [-0.3, -0.25) is 4.79 Å². The van der Waals surface area contributed by atoms with Gasteiger partial charge in [0, 0.05) is 19.2 Å². The molecule has 16 heavy (non-hydrogen) atoms. The normalized spacial score (nSPS) is 27.3. The number of hydrogen-bond acceptors (Lipinski definition) is 3. The molecule has 2 atom stereocenters. The van der Waals surface area contributed by atoms with E-state index in [1.54, 1.807) is 0 Å². The Hall–Kier alpha value is -0.610. The number of nitrogens with one attached hydrogen (secondary N) is 1. The highest BCUT2D eigenvalue weighted by molar-refractivity contribution is 5.82. The van der Waals surface area contributed by atoms with Crippen molar-refractivity contribution in [1.29, 1.82) is 0 Å². The van der Waals surface area contributed by atoms with Crippen LogP contribution in [0.5, 0.6) is 0 Å². The number of carbonyl (C=O) groups excluding carboxylic acids is 1. The van der Waals surface area contributed by atoms with Crippen LogP contribution in [0.3, 0.4) is 0 Å². The van der Waals surface area contributed by atoms with Gasteiger partial charge in [0.2, 0.25) is 5.91 Å². The Morgan fingerprint density at radius 3 is 2.81 bits per heavy atom. The standard InChI is InChI=1S/C12H24N2O2/c1-9(2)8-14-10(3)4-6-13-11(5-7-15)12(14)16/h9-11,13,15H,4-8H2,1-3H3. The van der Waals surface area contributed by atoms with Crippen LogP contribution in [0, 0.1) is 5.92 Å². The van der Waals surface area contributed by atoms with Crippen molar-refractivity contribution >= 4 is 5.91 Å². The summed E-state index contributed by atoms with van der Waals surface area (Å²) in [6.45, 7) is 8.07. The third kappa shape index (κ3) is 3.46. The molecule has 94 valence electrons. The summed E-state index contributed by atoms with van der Waals surface area (Å²) in [6.07, 6.45) is 1.50. The summed E-state index contributed by atoms with van der Waals surface area (Å²) in [7, 11) is 0. The van der Waals surface area contributed by atoms with Gasteiger partial charge in [-0.25, -0.2) is 0 Å². The van der Waals surface area contributed by atoms with Gasteiger partial charge in [0.15, 0.2) is 0 Å². The number of aliphatic hydroxyl groups excluding tert-OH is 1. The van der Waals surface area contributed by atoms with Crippen molar-refractivity contribution < 1.29 is 9.90 Å². The van der Waals surface area contributed by atoms with Gasteiger partial charge in [-0.15, -0.1) is 0 Å². The fraction of sp³-hybridized carbons (Fsp3) is 0.917. The van der Waals surface area contributed by atoms with E-state index < -0.39 is 0 Å². The van der Waals surface area contributed by atoms with Crippen LogP contribution in [0.25, 0.3) is 0 Å². The predicted molar refractivity (Wildman–Crippen MR) is 64.1 cm³/mol. The minimum absolute atomic E-state index is 0.0628. The van der Waals surface area contributed by atoms with Gasteiger partial charge in [0.1, 0.15) is 0 Å². The van der Waals surface area contributed by atoms with E-state index in [-0.39, 0.29) is 18.6 Å². The first-order chi connectivity index (χ1) is 7.56. The molecule has 1 aliphatic rings. The molecular formula is C12H24N2O2. The summed E-state index contributed by atoms with van der Waals surface area (Å²) in [5, 5.41) is 12.2. The average molecular weight is 228 g/mol. The summed E-state index contributed by atoms with van der Waals surface area (Å²) >= 11 is 0. The second kappa shape index (κ2) is 6.21. The average Bonchev–Trinajstić information content (AvgIpc) is 2.33. The maximum Gasteiger partial charge on any atom is 0.240 e. The summed E-state index contributed by atoms with van der Waals surface area (Å²) < 4.78 is 0. The maximum atomic E-state index is 12.2. The number of nitrogens with zero attached hydrogens (tertiary/aromatic N) is 1. The van der Waals surface area contributed by atoms with Crippen LogP contribution in [0.1, 0.15) is 33.6 Å². The van der Waals surface area contributed by atoms with Gasteiger partial charge in [-0.05, 0) is 32.2 Å². The van der Waals surface area contributed by atoms with Crippen LogP contribution in [0.15, 0.2) is 0 Å². The fourth-order valence-corrected chi connectivity index (χ4v) is 2.14. The Morgan fingerprint density at radius 2 is 2.25 bits per heavy atom. The SMILES string of the molecule is CC(C)CN1C(=O)C(CCO)NCCC1C. The van der Waals surface area contributed by atoms with E-state index in [1.165, 1.54) is 0 Å². The van der Waals surface area contributed by atoms with Crippen molar-refractivity contribution in [1.82, 2.24) is 10.2 Å². The highest BCUT2D eigenvalue weighted by atomic mass is 16.3. The third-order valence-electron chi connectivity index (χ3n) is 3.05. The topological polar surface area (TPSA) is 52.6 Å². The van der Waals surface area contributed by atoms with E-state index in [0.717, 1.165) is 19.5 Å². The number of rotatable bonds is 4. The lowest BCUT2D eigenvalue weighted by Crippen LogP contribution is -2.47. The first kappa shape index (κ1) is 13.5. The largest absolute Gasteiger partial charge is 0.396 e. The Labute approximate surface area is 98.0 Å². The second-order valence-electron chi connectivity index (χ2n) is 5.04. The summed E-state index contributed by atoms with van der Waals surface area (Å²) in [4.78, 5) is 14.2. The highest BCUT2D eigenvalue weighted by Gasteiger charge is 2.30. The van der Waals surface area contributed by atoms with Crippen molar-refractivity contribution in [3.8, 4) is 0 Å². The van der Waals surface area contributed by atoms with Crippen LogP contribution in [0.2, 0.25) is 0 Å². The third-order valence-corrected chi connectivity index (χ3v) is 3.05. The molecule has 1 heterocycles. The Kier molecular flexibility index (Phi) is 5.22. The number of amides is 1. The van der Waals surface area contributed by atoms with E-state index in [9.17, 15) is 4.79 Å². The van der Waals surface area contributed by atoms with Crippen molar-refractivity contribution in [3.63, 3.8) is 0 Å². The van der Waals surface area contributed by atoms with Crippen LogP contribution in [0.4, 0.5) is 0 Å². The molecular weight excluding hydrogens is 204 g/mol. The van der Waals surface area contributed by atoms with Crippen LogP contribution >= 0.6 is 0 Å². The molecule has 2 N–H and O–H groups in total. The molecule has 0 aliphatic carbocycles. The van der Waals surface area contributed by atoms with Crippen LogP contribution < -0.4 is 5.32 Å². The maximum absolute atomic E-state index is 12.2. The lowest BCUT2D eigenvalue weighted by atomic mass is 10.1. The highest BCUT2D eigenvalue weighted by Crippen LogP contribution is 2.14. The van der Waals surface area contributed by atoms with E-state index in [0.29, 0.717) is 18.4 Å². The van der Waals surface area contributed by atoms with Gasteiger partial charge in [0.25, 0.3) is 0 Å². The van der Waals surface area contributed by atoms with Gasteiger partial charge in [0.05, 0.1) is 6.04 Å². The molecule has 1 rings (SSSR count). The smallest absolute Gasteiger partial charge is 0.240 e. The molecule has 1 saturated heterocycles. The minimum atomic E-state index is -0.200. The Bertz CT molecular complexity index is 231. The zero-order valence-electron chi connectivity index (χ0n) is 10.6. The van der Waals surface area contributed by atoms with Crippen molar-refractivity contribution in [2.75, 3.05) is 19.7 Å². The summed E-state index contributed by atoms with van der Waals surface area (Å²) in [5.74, 6) is 0.632. The van der Waals surface area contributed by atoms with Crippen LogP contribution in [-0.2, 0) is 4.79 Å². The van der Waals surface area contributed by atoms with E-state index in [1.807, 2.05) is 4.90 Å². The Balaban J connectivity index is 2.71. The molecule has 0 aromatic carbocycles. The molecule has 0 spiro atoms. The first-order valence-corrected chi connectivity index (χ1v) is 6.21. The lowest BCUT2D eigenvalue weighted by molar-refractivity contribution is -0.135. The van der Waals surface area contributed by atoms with Gasteiger partial charge < -0.3 is 15.3 Å². The molecule has 2 unspecified atom stereocenters. The monoisotopic (exact) mass is 228 g/mol. The molecule has 0 aromatic rings. The molecule has 4 heteroatoms. The molecule has 1 aliphatic heterocycles. The molecule has 1 fully saturated rings. The van der Waals surface area contributed by atoms with Gasteiger partial charge >= 0.3 is 0 Å². The molecule has 0 saturated carbocycles. The molecule has 1 amide bonds. The Morgan fingerprint density at radius 1 is 1.56 bits per heavy atom. The van der Waals surface area contributed by atoms with E-state index >= 15 is 0 Å². The van der Waals surface area contributed by atoms with Gasteiger partial charge in [-0.2, -0.15) is 0 Å². The van der Waals surface area contributed by atoms with Crippen molar-refractivity contribution in [2.45, 2.75) is 45.7 Å². The zero-order chi connectivity index (χ0) is 12.1. The predicted octanol–water partition coefficient (Wildman–Crippen LogP) is 0.604. The first-order valence-electron chi connectivity index (χ1n) is 6.21. The fourth-order valence-electron chi connectivity index (χ4n) is 2.14. The zero-order valence-corrected chi connectivity index (χ0v) is 10.6. The molecule has 0 radical (unpaired) electrons. The minimum Gasteiger partial charge on any atom is -0.396 e. The number of carbonyl (C=O) groups is 1. The number of hydrogen-bond donors (Lipinski definition) is 2. The van der Waals surface area contributed by atoms with Crippen LogP contribution in [-0.4, -0.2) is 47.7 Å². The van der Waals surface area contributed by atoms with Crippen molar-refractivity contribution in [2.24, 2.45) is 5.92 Å². The lowest BCUT2D eigenvalue weighted by Gasteiger charge is -2.30. The van der Waals surface area contributed by atoms with Gasteiger partial charge in [-0.1, -0.05) is 13.8 Å². The summed E-state index contributed by atoms with van der Waals surface area (Å²) in [5.41, 5.74) is 0. The van der Waals surface area contributed by atoms with E-state index in [4.69, 9.17) is 5.11 Å². The second-order valence-corrected chi connectivity index (χ2v) is 5.04. The molecule has 0 bridgehead atoms. The van der Waals surface area contributed by atoms with Crippen molar-refractivity contribution in [3.05, 3.63) is 0 Å².